The Bertz CT molecular complexity index is 952. The maximum atomic E-state index is 13.5. The number of ether oxygens (including phenoxy) is 2. The normalized spacial score (nSPS) is 18.9. The smallest absolute Gasteiger partial charge is 0.433 e. The number of halogens is 6. The van der Waals surface area contributed by atoms with Crippen molar-refractivity contribution >= 4 is 17.7 Å². The van der Waals surface area contributed by atoms with Crippen LogP contribution in [-0.2, 0) is 20.4 Å². The Morgan fingerprint density at radius 3 is 2.29 bits per heavy atom. The summed E-state index contributed by atoms with van der Waals surface area (Å²) in [5.41, 5.74) is -3.44. The summed E-state index contributed by atoms with van der Waals surface area (Å²) in [6, 6.07) is 3.42. The van der Waals surface area contributed by atoms with E-state index in [1.54, 1.807) is 20.8 Å². The maximum Gasteiger partial charge on any atom is 0.433 e. The van der Waals surface area contributed by atoms with Gasteiger partial charge < -0.3 is 25.0 Å². The first-order valence-corrected chi connectivity index (χ1v) is 9.87. The molecule has 1 heterocycles. The van der Waals surface area contributed by atoms with Crippen molar-refractivity contribution in [2.75, 3.05) is 24.5 Å². The van der Waals surface area contributed by atoms with E-state index in [9.17, 15) is 35.9 Å². The molecular formula is C20H22F6N4O4. The first kappa shape index (κ1) is 27.0. The highest BCUT2D eigenvalue weighted by molar-refractivity contribution is 5.82. The van der Waals surface area contributed by atoms with E-state index in [2.05, 4.69) is 10.6 Å². The molecule has 34 heavy (non-hydrogen) atoms. The molecule has 0 spiro atoms. The SMILES string of the molecule is CC(C)(C)OC(=O)NCCNC(=O)[C@@H]1CN(c2ccc(C#N)c(C(F)(F)F)c2)[C@@H](C(F)(F)F)O1. The minimum Gasteiger partial charge on any atom is -0.444 e. The number of hydrogen-bond donors (Lipinski definition) is 2. The summed E-state index contributed by atoms with van der Waals surface area (Å²) < 4.78 is 90.0. The summed E-state index contributed by atoms with van der Waals surface area (Å²) in [5, 5.41) is 13.5. The third-order valence-electron chi connectivity index (χ3n) is 4.36. The van der Waals surface area contributed by atoms with Crippen molar-refractivity contribution in [3.63, 3.8) is 0 Å². The van der Waals surface area contributed by atoms with Gasteiger partial charge in [0.15, 0.2) is 6.10 Å². The number of anilines is 1. The number of hydrogen-bond acceptors (Lipinski definition) is 6. The van der Waals surface area contributed by atoms with Crippen molar-refractivity contribution in [3.05, 3.63) is 29.3 Å². The van der Waals surface area contributed by atoms with E-state index in [4.69, 9.17) is 14.7 Å². The topological polar surface area (TPSA) is 104 Å². The lowest BCUT2D eigenvalue weighted by molar-refractivity contribution is -0.213. The number of nitrogens with zero attached hydrogens (tertiary/aromatic N) is 2. The summed E-state index contributed by atoms with van der Waals surface area (Å²) >= 11 is 0. The standard InChI is InChI=1S/C20H22F6N4O4/c1-18(2,3)34-17(32)29-7-6-28-15(31)14-10-30(16(33-14)20(24,25)26)12-5-4-11(9-27)13(8-12)19(21,22)23/h4-5,8,14,16H,6-7,10H2,1-3H3,(H,28,31)(H,29,32)/t14-,16+/m0/s1. The summed E-state index contributed by atoms with van der Waals surface area (Å²) in [4.78, 5) is 24.3. The molecule has 2 rings (SSSR count). The summed E-state index contributed by atoms with van der Waals surface area (Å²) in [5.74, 6) is -0.951. The van der Waals surface area contributed by atoms with Crippen LogP contribution in [0.5, 0.6) is 0 Å². The molecule has 1 saturated heterocycles. The van der Waals surface area contributed by atoms with Crippen LogP contribution in [0.4, 0.5) is 36.8 Å². The van der Waals surface area contributed by atoms with Gasteiger partial charge >= 0.3 is 18.4 Å². The van der Waals surface area contributed by atoms with Crippen molar-refractivity contribution < 1.29 is 45.4 Å². The molecule has 0 aliphatic carbocycles. The summed E-state index contributed by atoms with van der Waals surface area (Å²) in [6.45, 7) is 3.97. The number of nitrogens with one attached hydrogen (secondary N) is 2. The zero-order valence-electron chi connectivity index (χ0n) is 18.3. The number of nitriles is 1. The molecule has 2 atom stereocenters. The molecule has 0 aromatic heterocycles. The van der Waals surface area contributed by atoms with Crippen molar-refractivity contribution in [1.29, 1.82) is 5.26 Å². The number of rotatable bonds is 5. The van der Waals surface area contributed by atoms with Gasteiger partial charge in [-0.05, 0) is 39.0 Å². The van der Waals surface area contributed by atoms with Gasteiger partial charge in [-0.3, -0.25) is 4.79 Å². The van der Waals surface area contributed by atoms with Crippen LogP contribution < -0.4 is 15.5 Å². The molecule has 1 aromatic rings. The third kappa shape index (κ3) is 7.14. The average molecular weight is 496 g/mol. The first-order valence-electron chi connectivity index (χ1n) is 9.87. The van der Waals surface area contributed by atoms with Crippen molar-refractivity contribution in [2.45, 2.75) is 51.1 Å². The Morgan fingerprint density at radius 1 is 1.15 bits per heavy atom. The minimum atomic E-state index is -5.03. The number of carbonyl (C=O) groups excluding carboxylic acids is 2. The number of carbonyl (C=O) groups is 2. The largest absolute Gasteiger partial charge is 0.444 e. The Labute approximate surface area is 190 Å². The van der Waals surface area contributed by atoms with E-state index >= 15 is 0 Å². The van der Waals surface area contributed by atoms with Crippen molar-refractivity contribution in [1.82, 2.24) is 10.6 Å². The Kier molecular flexibility index (Phi) is 7.92. The molecule has 0 saturated carbocycles. The van der Waals surface area contributed by atoms with Crippen LogP contribution in [0.25, 0.3) is 0 Å². The van der Waals surface area contributed by atoms with E-state index in [1.807, 2.05) is 0 Å². The van der Waals surface area contributed by atoms with Gasteiger partial charge in [0.2, 0.25) is 6.23 Å². The van der Waals surface area contributed by atoms with Crippen molar-refractivity contribution in [2.24, 2.45) is 0 Å². The number of amides is 2. The minimum absolute atomic E-state index is 0.0929. The fraction of sp³-hybridized carbons (Fsp3) is 0.550. The predicted molar refractivity (Wildman–Crippen MR) is 105 cm³/mol. The Morgan fingerprint density at radius 2 is 1.76 bits per heavy atom. The molecule has 0 bridgehead atoms. The van der Waals surface area contributed by atoms with Crippen LogP contribution in [0, 0.1) is 11.3 Å². The van der Waals surface area contributed by atoms with Crippen LogP contribution in [0.1, 0.15) is 31.9 Å². The predicted octanol–water partition coefficient (Wildman–Crippen LogP) is 3.31. The molecule has 1 fully saturated rings. The van der Waals surface area contributed by atoms with Gasteiger partial charge in [-0.1, -0.05) is 0 Å². The van der Waals surface area contributed by atoms with Gasteiger partial charge in [0.1, 0.15) is 5.60 Å². The zero-order valence-corrected chi connectivity index (χ0v) is 18.3. The zero-order chi connectivity index (χ0) is 25.9. The monoisotopic (exact) mass is 496 g/mol. The third-order valence-corrected chi connectivity index (χ3v) is 4.36. The number of benzene rings is 1. The van der Waals surface area contributed by atoms with Gasteiger partial charge in [-0.25, -0.2) is 4.79 Å². The number of alkyl halides is 6. The van der Waals surface area contributed by atoms with Gasteiger partial charge in [-0.15, -0.1) is 0 Å². The second kappa shape index (κ2) is 9.96. The molecular weight excluding hydrogens is 474 g/mol. The van der Waals surface area contributed by atoms with Gasteiger partial charge in [0.25, 0.3) is 5.91 Å². The average Bonchev–Trinajstić information content (AvgIpc) is 3.14. The van der Waals surface area contributed by atoms with Crippen LogP contribution >= 0.6 is 0 Å². The second-order valence-corrected chi connectivity index (χ2v) is 8.23. The highest BCUT2D eigenvalue weighted by Gasteiger charge is 2.52. The maximum absolute atomic E-state index is 13.5. The summed E-state index contributed by atoms with van der Waals surface area (Å²) in [7, 11) is 0. The molecule has 2 amide bonds. The lowest BCUT2D eigenvalue weighted by Crippen LogP contribution is -2.42. The lowest BCUT2D eigenvalue weighted by atomic mass is 10.1. The van der Waals surface area contributed by atoms with E-state index < -0.39 is 65.6 Å². The molecule has 1 aromatic carbocycles. The molecule has 1 aliphatic heterocycles. The van der Waals surface area contributed by atoms with E-state index in [1.165, 1.54) is 6.07 Å². The molecule has 188 valence electrons. The van der Waals surface area contributed by atoms with Crippen LogP contribution in [-0.4, -0.2) is 55.7 Å². The highest BCUT2D eigenvalue weighted by Crippen LogP contribution is 2.39. The fourth-order valence-corrected chi connectivity index (χ4v) is 3.01. The molecule has 0 radical (unpaired) electrons. The second-order valence-electron chi connectivity index (χ2n) is 8.23. The lowest BCUT2D eigenvalue weighted by Gasteiger charge is -2.27. The van der Waals surface area contributed by atoms with Gasteiger partial charge in [0.05, 0.1) is 23.7 Å². The molecule has 14 heteroatoms. The highest BCUT2D eigenvalue weighted by atomic mass is 19.4. The Hall–Kier alpha value is -3.21. The van der Waals surface area contributed by atoms with Gasteiger partial charge in [-0.2, -0.15) is 31.6 Å². The van der Waals surface area contributed by atoms with E-state index in [-0.39, 0.29) is 13.1 Å². The van der Waals surface area contributed by atoms with Crippen LogP contribution in [0.2, 0.25) is 0 Å². The molecule has 1 aliphatic rings. The molecule has 0 unspecified atom stereocenters. The van der Waals surface area contributed by atoms with Crippen LogP contribution in [0.3, 0.4) is 0 Å². The number of alkyl carbamates (subject to hydrolysis) is 1. The fourth-order valence-electron chi connectivity index (χ4n) is 3.01. The summed E-state index contributed by atoms with van der Waals surface area (Å²) in [6.07, 6.45) is -15.1. The quantitative estimate of drug-likeness (QED) is 0.479. The van der Waals surface area contributed by atoms with E-state index in [0.29, 0.717) is 11.0 Å². The van der Waals surface area contributed by atoms with E-state index in [0.717, 1.165) is 12.1 Å². The molecule has 2 N–H and O–H groups in total. The Balaban J connectivity index is 2.10. The van der Waals surface area contributed by atoms with Crippen molar-refractivity contribution in [3.8, 4) is 6.07 Å². The van der Waals surface area contributed by atoms with Crippen LogP contribution in [0.15, 0.2) is 18.2 Å². The van der Waals surface area contributed by atoms with Gasteiger partial charge in [0, 0.05) is 18.8 Å². The first-order chi connectivity index (χ1) is 15.5. The molecule has 8 nitrogen and oxygen atoms in total.